The highest BCUT2D eigenvalue weighted by Gasteiger charge is 2.10. The van der Waals surface area contributed by atoms with Crippen LogP contribution in [0.1, 0.15) is 23.7 Å². The van der Waals surface area contributed by atoms with E-state index in [2.05, 4.69) is 0 Å². The zero-order valence-electron chi connectivity index (χ0n) is 11.3. The third-order valence-electron chi connectivity index (χ3n) is 3.31. The van der Waals surface area contributed by atoms with Crippen LogP contribution in [0.3, 0.4) is 0 Å². The van der Waals surface area contributed by atoms with Crippen molar-refractivity contribution in [1.82, 2.24) is 0 Å². The van der Waals surface area contributed by atoms with Crippen molar-refractivity contribution < 1.29 is 9.53 Å². The number of rotatable bonds is 5. The van der Waals surface area contributed by atoms with E-state index >= 15 is 0 Å². The summed E-state index contributed by atoms with van der Waals surface area (Å²) >= 11 is 0. The van der Waals surface area contributed by atoms with Crippen LogP contribution < -0.4 is 10.5 Å². The highest BCUT2D eigenvalue weighted by atomic mass is 16.5. The predicted octanol–water partition coefficient (Wildman–Crippen LogP) is 3.02. The molecule has 0 bridgehead atoms. The van der Waals surface area contributed by atoms with Gasteiger partial charge in [0.15, 0.2) is 5.78 Å². The van der Waals surface area contributed by atoms with Crippen LogP contribution in [-0.2, 0) is 0 Å². The van der Waals surface area contributed by atoms with Gasteiger partial charge in [-0.1, -0.05) is 25.1 Å². The second-order valence-corrected chi connectivity index (χ2v) is 4.90. The van der Waals surface area contributed by atoms with Crippen LogP contribution in [0.4, 0.5) is 0 Å². The molecule has 0 fully saturated rings. The Bertz CT molecular complexity index is 592. The summed E-state index contributed by atoms with van der Waals surface area (Å²) in [6.07, 6.45) is 0.498. The number of carbonyl (C=O) groups is 1. The minimum Gasteiger partial charge on any atom is -0.497 e. The van der Waals surface area contributed by atoms with Crippen LogP contribution in [0.15, 0.2) is 36.4 Å². The number of carbonyl (C=O) groups excluding carboxylic acids is 1. The lowest BCUT2D eigenvalue weighted by molar-refractivity contribution is 0.0966. The Morgan fingerprint density at radius 3 is 2.58 bits per heavy atom. The summed E-state index contributed by atoms with van der Waals surface area (Å²) < 4.78 is 5.19. The molecule has 0 aliphatic carbocycles. The number of hydrogen-bond donors (Lipinski definition) is 1. The number of hydrogen-bond acceptors (Lipinski definition) is 3. The molecule has 2 aromatic rings. The maximum absolute atomic E-state index is 12.1. The van der Waals surface area contributed by atoms with Crippen LogP contribution in [0.5, 0.6) is 5.75 Å². The van der Waals surface area contributed by atoms with Gasteiger partial charge in [0.1, 0.15) is 5.75 Å². The molecule has 0 aliphatic heterocycles. The first-order valence-electron chi connectivity index (χ1n) is 6.45. The van der Waals surface area contributed by atoms with Gasteiger partial charge >= 0.3 is 0 Å². The quantitative estimate of drug-likeness (QED) is 0.838. The lowest BCUT2D eigenvalue weighted by Crippen LogP contribution is -2.15. The molecule has 1 atom stereocenters. The van der Waals surface area contributed by atoms with Gasteiger partial charge in [-0.05, 0) is 41.4 Å². The molecule has 0 radical (unpaired) electrons. The lowest BCUT2D eigenvalue weighted by atomic mass is 9.98. The van der Waals surface area contributed by atoms with Gasteiger partial charge in [-0.15, -0.1) is 0 Å². The molecule has 19 heavy (non-hydrogen) atoms. The predicted molar refractivity (Wildman–Crippen MR) is 77.7 cm³/mol. The summed E-state index contributed by atoms with van der Waals surface area (Å²) in [7, 11) is 1.65. The molecule has 1 unspecified atom stereocenters. The third-order valence-corrected chi connectivity index (χ3v) is 3.31. The van der Waals surface area contributed by atoms with Gasteiger partial charge in [-0.25, -0.2) is 0 Å². The highest BCUT2D eigenvalue weighted by Crippen LogP contribution is 2.22. The first-order valence-corrected chi connectivity index (χ1v) is 6.45. The van der Waals surface area contributed by atoms with E-state index in [-0.39, 0.29) is 11.7 Å². The first kappa shape index (κ1) is 13.6. The van der Waals surface area contributed by atoms with Crippen molar-refractivity contribution >= 4 is 16.6 Å². The van der Waals surface area contributed by atoms with Crippen LogP contribution in [0.2, 0.25) is 0 Å². The average molecular weight is 257 g/mol. The van der Waals surface area contributed by atoms with Crippen molar-refractivity contribution in [2.24, 2.45) is 11.7 Å². The summed E-state index contributed by atoms with van der Waals surface area (Å²) in [5.41, 5.74) is 6.30. The van der Waals surface area contributed by atoms with E-state index in [0.717, 1.165) is 22.1 Å². The second-order valence-electron chi connectivity index (χ2n) is 4.90. The normalized spacial score (nSPS) is 12.4. The van der Waals surface area contributed by atoms with Gasteiger partial charge < -0.3 is 10.5 Å². The van der Waals surface area contributed by atoms with Crippen molar-refractivity contribution in [3.63, 3.8) is 0 Å². The average Bonchev–Trinajstić information content (AvgIpc) is 2.45. The van der Waals surface area contributed by atoms with E-state index in [1.807, 2.05) is 43.3 Å². The molecule has 2 aromatic carbocycles. The Morgan fingerprint density at radius 2 is 1.89 bits per heavy atom. The minimum atomic E-state index is 0.149. The van der Waals surface area contributed by atoms with Gasteiger partial charge in [0.05, 0.1) is 7.11 Å². The SMILES string of the molecule is COc1ccc2cc(C(=O)CC(C)CN)ccc2c1. The lowest BCUT2D eigenvalue weighted by Gasteiger charge is -2.08. The summed E-state index contributed by atoms with van der Waals surface area (Å²) in [6.45, 7) is 2.53. The number of benzene rings is 2. The molecule has 0 heterocycles. The number of fused-ring (bicyclic) bond motifs is 1. The minimum absolute atomic E-state index is 0.149. The molecular formula is C16H19NO2. The fourth-order valence-electron chi connectivity index (χ4n) is 2.04. The molecule has 2 rings (SSSR count). The van der Waals surface area contributed by atoms with E-state index < -0.39 is 0 Å². The largest absolute Gasteiger partial charge is 0.497 e. The van der Waals surface area contributed by atoms with Crippen LogP contribution in [0.25, 0.3) is 10.8 Å². The molecule has 0 aromatic heterocycles. The van der Waals surface area contributed by atoms with Gasteiger partial charge in [-0.3, -0.25) is 4.79 Å². The monoisotopic (exact) mass is 257 g/mol. The van der Waals surface area contributed by atoms with Gasteiger partial charge in [0, 0.05) is 12.0 Å². The molecule has 0 aliphatic rings. The Balaban J connectivity index is 2.29. The van der Waals surface area contributed by atoms with E-state index in [9.17, 15) is 4.79 Å². The van der Waals surface area contributed by atoms with E-state index in [4.69, 9.17) is 10.5 Å². The van der Waals surface area contributed by atoms with Gasteiger partial charge in [0.25, 0.3) is 0 Å². The van der Waals surface area contributed by atoms with Crippen LogP contribution in [-0.4, -0.2) is 19.4 Å². The molecule has 0 amide bonds. The fraction of sp³-hybridized carbons (Fsp3) is 0.312. The summed E-state index contributed by atoms with van der Waals surface area (Å²) in [4.78, 5) is 12.1. The van der Waals surface area contributed by atoms with Crippen LogP contribution >= 0.6 is 0 Å². The zero-order chi connectivity index (χ0) is 13.8. The summed E-state index contributed by atoms with van der Waals surface area (Å²) in [5, 5.41) is 2.12. The molecule has 0 saturated heterocycles. The van der Waals surface area contributed by atoms with Crippen molar-refractivity contribution in [2.45, 2.75) is 13.3 Å². The molecule has 0 spiro atoms. The number of nitrogens with two attached hydrogens (primary N) is 1. The molecule has 3 nitrogen and oxygen atoms in total. The van der Waals surface area contributed by atoms with Gasteiger partial charge in [-0.2, -0.15) is 0 Å². The topological polar surface area (TPSA) is 52.3 Å². The number of ketones is 1. The van der Waals surface area contributed by atoms with E-state index in [0.29, 0.717) is 13.0 Å². The molecule has 100 valence electrons. The Morgan fingerprint density at radius 1 is 1.21 bits per heavy atom. The zero-order valence-corrected chi connectivity index (χ0v) is 11.3. The maximum atomic E-state index is 12.1. The third kappa shape index (κ3) is 3.12. The Hall–Kier alpha value is -1.87. The van der Waals surface area contributed by atoms with Gasteiger partial charge in [0.2, 0.25) is 0 Å². The molecule has 3 heteroatoms. The highest BCUT2D eigenvalue weighted by molar-refractivity contribution is 6.00. The molecule has 0 saturated carbocycles. The van der Waals surface area contributed by atoms with E-state index in [1.54, 1.807) is 7.11 Å². The standard InChI is InChI=1S/C16H19NO2/c1-11(10-17)7-16(18)14-4-3-13-9-15(19-2)6-5-12(13)8-14/h3-6,8-9,11H,7,10,17H2,1-2H3. The fourth-order valence-corrected chi connectivity index (χ4v) is 2.04. The maximum Gasteiger partial charge on any atom is 0.163 e. The first-order chi connectivity index (χ1) is 9.13. The summed E-state index contributed by atoms with van der Waals surface area (Å²) in [6, 6.07) is 11.6. The Labute approximate surface area is 113 Å². The van der Waals surface area contributed by atoms with Crippen molar-refractivity contribution in [3.05, 3.63) is 42.0 Å². The number of ether oxygens (including phenoxy) is 1. The molecule has 2 N–H and O–H groups in total. The second kappa shape index (κ2) is 5.85. The number of Topliss-reactive ketones (excluding diaryl/α,β-unsaturated/α-hetero) is 1. The van der Waals surface area contributed by atoms with Crippen molar-refractivity contribution in [2.75, 3.05) is 13.7 Å². The summed E-state index contributed by atoms with van der Waals surface area (Å²) in [5.74, 6) is 1.19. The Kier molecular flexibility index (Phi) is 4.17. The molecular weight excluding hydrogens is 238 g/mol. The van der Waals surface area contributed by atoms with Crippen molar-refractivity contribution in [3.8, 4) is 5.75 Å². The smallest absolute Gasteiger partial charge is 0.163 e. The van der Waals surface area contributed by atoms with Crippen molar-refractivity contribution in [1.29, 1.82) is 0 Å². The van der Waals surface area contributed by atoms with E-state index in [1.165, 1.54) is 0 Å². The number of methoxy groups -OCH3 is 1. The van der Waals surface area contributed by atoms with Crippen LogP contribution in [0, 0.1) is 5.92 Å².